The van der Waals surface area contributed by atoms with E-state index >= 15 is 0 Å². The van der Waals surface area contributed by atoms with Crippen LogP contribution in [0.15, 0.2) is 47.4 Å². The Bertz CT molecular complexity index is 1260. The number of methoxy groups -OCH3 is 3. The first-order chi connectivity index (χ1) is 14.5. The Kier molecular flexibility index (Phi) is 5.33. The van der Waals surface area contributed by atoms with Crippen LogP contribution in [0.25, 0.3) is 22.6 Å². The zero-order valence-corrected chi connectivity index (χ0v) is 17.4. The molecule has 4 rings (SSSR count). The van der Waals surface area contributed by atoms with E-state index in [4.69, 9.17) is 25.8 Å². The summed E-state index contributed by atoms with van der Waals surface area (Å²) in [5.74, 6) is 1.47. The van der Waals surface area contributed by atoms with Crippen molar-refractivity contribution in [3.63, 3.8) is 0 Å². The molecule has 8 nitrogen and oxygen atoms in total. The molecule has 0 aliphatic carbocycles. The summed E-state index contributed by atoms with van der Waals surface area (Å²) < 4.78 is 17.7. The number of benzene rings is 2. The van der Waals surface area contributed by atoms with Crippen LogP contribution in [0.3, 0.4) is 0 Å². The first-order valence-corrected chi connectivity index (χ1v) is 9.42. The second-order valence-corrected chi connectivity index (χ2v) is 6.86. The molecule has 0 spiro atoms. The molecule has 0 radical (unpaired) electrons. The van der Waals surface area contributed by atoms with E-state index in [9.17, 15) is 4.79 Å². The number of nitrogens with zero attached hydrogens (tertiary/aromatic N) is 3. The molecule has 9 heteroatoms. The van der Waals surface area contributed by atoms with Gasteiger partial charge in [-0.3, -0.25) is 9.55 Å². The van der Waals surface area contributed by atoms with Crippen LogP contribution in [0.2, 0.25) is 5.02 Å². The second-order valence-electron chi connectivity index (χ2n) is 6.45. The molecule has 0 fully saturated rings. The molecule has 2 heterocycles. The predicted molar refractivity (Wildman–Crippen MR) is 114 cm³/mol. The molecule has 1 N–H and O–H groups in total. The van der Waals surface area contributed by atoms with Gasteiger partial charge in [-0.15, -0.1) is 0 Å². The van der Waals surface area contributed by atoms with Gasteiger partial charge in [0, 0.05) is 10.6 Å². The summed E-state index contributed by atoms with van der Waals surface area (Å²) >= 11 is 6.27. The maximum absolute atomic E-state index is 12.5. The number of halogens is 1. The Balaban J connectivity index is 1.84. The standard InChI is InChI=1S/C21H19ClN4O4/c1-28-16-8-13(9-17(29-2)18(16)30-3)15-10-23-19-20(24-15)26(21(27)25-19)11-12-6-4-5-7-14(12)22/h4-10H,11H2,1-3H3,(H,23,25,27). The molecule has 4 aromatic rings. The number of ether oxygens (including phenoxy) is 3. The highest BCUT2D eigenvalue weighted by molar-refractivity contribution is 6.31. The van der Waals surface area contributed by atoms with Crippen LogP contribution in [-0.4, -0.2) is 40.8 Å². The summed E-state index contributed by atoms with van der Waals surface area (Å²) in [4.78, 5) is 24.3. The third-order valence-electron chi connectivity index (χ3n) is 4.73. The van der Waals surface area contributed by atoms with Crippen LogP contribution in [0.4, 0.5) is 0 Å². The third-order valence-corrected chi connectivity index (χ3v) is 5.10. The minimum Gasteiger partial charge on any atom is -0.493 e. The first-order valence-electron chi connectivity index (χ1n) is 9.05. The van der Waals surface area contributed by atoms with Gasteiger partial charge in [0.25, 0.3) is 0 Å². The number of fused-ring (bicyclic) bond motifs is 1. The largest absolute Gasteiger partial charge is 0.493 e. The quantitative estimate of drug-likeness (QED) is 0.507. The Morgan fingerprint density at radius 2 is 1.77 bits per heavy atom. The monoisotopic (exact) mass is 426 g/mol. The van der Waals surface area contributed by atoms with Crippen LogP contribution in [0.5, 0.6) is 17.2 Å². The normalized spacial score (nSPS) is 10.9. The van der Waals surface area contributed by atoms with Crippen molar-refractivity contribution >= 4 is 22.9 Å². The lowest BCUT2D eigenvalue weighted by molar-refractivity contribution is 0.324. The predicted octanol–water partition coefficient (Wildman–Crippen LogP) is 3.51. The first kappa shape index (κ1) is 19.8. The van der Waals surface area contributed by atoms with Crippen molar-refractivity contribution in [2.75, 3.05) is 21.3 Å². The number of nitrogens with one attached hydrogen (secondary N) is 1. The minimum atomic E-state index is -0.313. The van der Waals surface area contributed by atoms with Crippen molar-refractivity contribution < 1.29 is 14.2 Å². The summed E-state index contributed by atoms with van der Waals surface area (Å²) in [5, 5.41) is 0.576. The van der Waals surface area contributed by atoms with E-state index in [1.165, 1.54) is 4.57 Å². The lowest BCUT2D eigenvalue weighted by Crippen LogP contribution is -2.18. The summed E-state index contributed by atoms with van der Waals surface area (Å²) in [7, 11) is 4.63. The van der Waals surface area contributed by atoms with Gasteiger partial charge in [-0.05, 0) is 23.8 Å². The van der Waals surface area contributed by atoms with Gasteiger partial charge in [0.2, 0.25) is 5.75 Å². The van der Waals surface area contributed by atoms with E-state index in [1.807, 2.05) is 18.2 Å². The molecular formula is C21H19ClN4O4. The van der Waals surface area contributed by atoms with Crippen molar-refractivity contribution in [3.8, 4) is 28.5 Å². The van der Waals surface area contributed by atoms with Crippen molar-refractivity contribution in [3.05, 3.63) is 63.7 Å². The van der Waals surface area contributed by atoms with Crippen molar-refractivity contribution in [2.24, 2.45) is 0 Å². The molecule has 0 atom stereocenters. The molecule has 0 unspecified atom stereocenters. The summed E-state index contributed by atoms with van der Waals surface area (Å²) in [6, 6.07) is 10.9. The Labute approximate surface area is 177 Å². The highest BCUT2D eigenvalue weighted by Crippen LogP contribution is 2.40. The number of imidazole rings is 1. The molecule has 0 amide bonds. The van der Waals surface area contributed by atoms with Gasteiger partial charge in [-0.25, -0.2) is 14.8 Å². The minimum absolute atomic E-state index is 0.270. The molecule has 2 aromatic heterocycles. The molecule has 0 saturated carbocycles. The third kappa shape index (κ3) is 3.46. The van der Waals surface area contributed by atoms with Gasteiger partial charge in [0.1, 0.15) is 0 Å². The smallest absolute Gasteiger partial charge is 0.329 e. The van der Waals surface area contributed by atoms with Gasteiger partial charge in [-0.1, -0.05) is 29.8 Å². The van der Waals surface area contributed by atoms with Crippen molar-refractivity contribution in [1.82, 2.24) is 19.5 Å². The maximum Gasteiger partial charge on any atom is 0.329 e. The van der Waals surface area contributed by atoms with Crippen LogP contribution >= 0.6 is 11.6 Å². The average molecular weight is 427 g/mol. The number of H-pyrrole nitrogens is 1. The average Bonchev–Trinajstić information content (AvgIpc) is 3.08. The van der Waals surface area contributed by atoms with Gasteiger partial charge >= 0.3 is 5.69 Å². The van der Waals surface area contributed by atoms with E-state index in [1.54, 1.807) is 45.7 Å². The molecule has 0 aliphatic rings. The van der Waals surface area contributed by atoms with Crippen LogP contribution in [-0.2, 0) is 6.54 Å². The highest BCUT2D eigenvalue weighted by Gasteiger charge is 2.17. The van der Waals surface area contributed by atoms with Gasteiger partial charge in [0.15, 0.2) is 22.8 Å². The van der Waals surface area contributed by atoms with Crippen molar-refractivity contribution in [2.45, 2.75) is 6.54 Å². The lowest BCUT2D eigenvalue weighted by atomic mass is 10.1. The van der Waals surface area contributed by atoms with Crippen LogP contribution < -0.4 is 19.9 Å². The number of aromatic amines is 1. The Morgan fingerprint density at radius 3 is 2.40 bits per heavy atom. The fraction of sp³-hybridized carbons (Fsp3) is 0.190. The Morgan fingerprint density at radius 1 is 1.07 bits per heavy atom. The Hall–Kier alpha value is -3.52. The van der Waals surface area contributed by atoms with Crippen LogP contribution in [0.1, 0.15) is 5.56 Å². The van der Waals surface area contributed by atoms with Gasteiger partial charge < -0.3 is 14.2 Å². The fourth-order valence-corrected chi connectivity index (χ4v) is 3.43. The van der Waals surface area contributed by atoms with E-state index in [0.29, 0.717) is 44.8 Å². The van der Waals surface area contributed by atoms with E-state index in [0.717, 1.165) is 5.56 Å². The second kappa shape index (κ2) is 8.08. The highest BCUT2D eigenvalue weighted by atomic mass is 35.5. The zero-order valence-electron chi connectivity index (χ0n) is 16.6. The topological polar surface area (TPSA) is 91.3 Å². The lowest BCUT2D eigenvalue weighted by Gasteiger charge is -2.14. The summed E-state index contributed by atoms with van der Waals surface area (Å²) in [5.41, 5.74) is 2.56. The zero-order chi connectivity index (χ0) is 21.3. The van der Waals surface area contributed by atoms with Gasteiger partial charge in [-0.2, -0.15) is 0 Å². The number of rotatable bonds is 6. The molecule has 30 heavy (non-hydrogen) atoms. The SMILES string of the molecule is COc1cc(-c2cnc3[nH]c(=O)n(Cc4ccccc4Cl)c3n2)cc(OC)c1OC. The van der Waals surface area contributed by atoms with Gasteiger partial charge in [0.05, 0.1) is 39.8 Å². The summed E-state index contributed by atoms with van der Waals surface area (Å²) in [6.45, 7) is 0.270. The number of hydrogen-bond donors (Lipinski definition) is 1. The molecule has 0 aliphatic heterocycles. The molecule has 0 saturated heterocycles. The van der Waals surface area contributed by atoms with E-state index in [2.05, 4.69) is 15.0 Å². The molecule has 0 bridgehead atoms. The molecular weight excluding hydrogens is 408 g/mol. The maximum atomic E-state index is 12.5. The molecule has 154 valence electrons. The van der Waals surface area contributed by atoms with E-state index in [-0.39, 0.29) is 12.2 Å². The van der Waals surface area contributed by atoms with Crippen molar-refractivity contribution in [1.29, 1.82) is 0 Å². The van der Waals surface area contributed by atoms with E-state index < -0.39 is 0 Å². The number of aromatic nitrogens is 4. The number of hydrogen-bond acceptors (Lipinski definition) is 6. The summed E-state index contributed by atoms with van der Waals surface area (Å²) in [6.07, 6.45) is 1.58. The fourth-order valence-electron chi connectivity index (χ4n) is 3.23. The van der Waals surface area contributed by atoms with Crippen LogP contribution in [0, 0.1) is 0 Å². The molecule has 2 aromatic carbocycles.